The summed E-state index contributed by atoms with van der Waals surface area (Å²) in [6.07, 6.45) is 0. The SMILES string of the molecule is Cc1ccc(S(=O)(=O)N(C)CC(=O)Nc2ccc(N3CCN(C)CC3)cc2C)cc1. The Morgan fingerprint density at radius 1 is 1.03 bits per heavy atom. The van der Waals surface area contributed by atoms with Crippen LogP contribution in [0, 0.1) is 13.8 Å². The summed E-state index contributed by atoms with van der Waals surface area (Å²) >= 11 is 0. The number of anilines is 2. The number of hydrogen-bond donors (Lipinski definition) is 1. The molecule has 0 spiro atoms. The van der Waals surface area contributed by atoms with Gasteiger partial charge in [-0.3, -0.25) is 4.79 Å². The second-order valence-corrected chi connectivity index (χ2v) is 9.96. The Labute approximate surface area is 179 Å². The Morgan fingerprint density at radius 3 is 2.27 bits per heavy atom. The molecule has 2 aromatic carbocycles. The molecule has 1 fully saturated rings. The summed E-state index contributed by atoms with van der Waals surface area (Å²) in [6, 6.07) is 12.5. The molecule has 1 aliphatic rings. The summed E-state index contributed by atoms with van der Waals surface area (Å²) in [7, 11) is -0.180. The van der Waals surface area contributed by atoms with Crippen LogP contribution in [0.15, 0.2) is 47.4 Å². The average Bonchev–Trinajstić information content (AvgIpc) is 2.70. The Morgan fingerprint density at radius 2 is 1.67 bits per heavy atom. The van der Waals surface area contributed by atoms with Gasteiger partial charge in [-0.15, -0.1) is 0 Å². The molecule has 0 atom stereocenters. The van der Waals surface area contributed by atoms with Crippen molar-refractivity contribution in [3.05, 3.63) is 53.6 Å². The van der Waals surface area contributed by atoms with Crippen LogP contribution in [0.2, 0.25) is 0 Å². The summed E-state index contributed by atoms with van der Waals surface area (Å²) in [6.45, 7) is 7.59. The van der Waals surface area contributed by atoms with Crippen LogP contribution in [0.3, 0.4) is 0 Å². The van der Waals surface area contributed by atoms with Gasteiger partial charge in [0.1, 0.15) is 0 Å². The number of piperazine rings is 1. The average molecular weight is 431 g/mol. The van der Waals surface area contributed by atoms with Gasteiger partial charge in [0.2, 0.25) is 15.9 Å². The van der Waals surface area contributed by atoms with Gasteiger partial charge in [-0.25, -0.2) is 8.42 Å². The lowest BCUT2D eigenvalue weighted by Gasteiger charge is -2.34. The molecule has 7 nitrogen and oxygen atoms in total. The summed E-state index contributed by atoms with van der Waals surface area (Å²) < 4.78 is 26.4. The quantitative estimate of drug-likeness (QED) is 0.761. The van der Waals surface area contributed by atoms with Crippen LogP contribution in [0.4, 0.5) is 11.4 Å². The van der Waals surface area contributed by atoms with E-state index in [1.165, 1.54) is 7.05 Å². The molecule has 1 saturated heterocycles. The van der Waals surface area contributed by atoms with Gasteiger partial charge in [-0.2, -0.15) is 4.31 Å². The van der Waals surface area contributed by atoms with Crippen LogP contribution in [-0.4, -0.2) is 70.3 Å². The van der Waals surface area contributed by atoms with E-state index in [2.05, 4.69) is 28.2 Å². The molecule has 1 amide bonds. The standard InChI is InChI=1S/C22H30N4O3S/c1-17-5-8-20(9-6-17)30(28,29)25(4)16-22(27)23-21-10-7-19(15-18(21)2)26-13-11-24(3)12-14-26/h5-10,15H,11-14,16H2,1-4H3,(H,23,27). The molecule has 3 rings (SSSR count). The summed E-state index contributed by atoms with van der Waals surface area (Å²) in [5, 5.41) is 2.84. The van der Waals surface area contributed by atoms with Gasteiger partial charge in [0.15, 0.2) is 0 Å². The van der Waals surface area contributed by atoms with Gasteiger partial charge in [-0.05, 0) is 56.8 Å². The molecular formula is C22H30N4O3S. The van der Waals surface area contributed by atoms with Crippen LogP contribution in [0.5, 0.6) is 0 Å². The number of aryl methyl sites for hydroxylation is 2. The van der Waals surface area contributed by atoms with E-state index in [0.717, 1.165) is 47.3 Å². The molecule has 1 heterocycles. The third kappa shape index (κ3) is 5.19. The first-order valence-electron chi connectivity index (χ1n) is 10.0. The predicted molar refractivity (Wildman–Crippen MR) is 121 cm³/mol. The van der Waals surface area contributed by atoms with E-state index in [0.29, 0.717) is 5.69 Å². The van der Waals surface area contributed by atoms with Gasteiger partial charge in [-0.1, -0.05) is 17.7 Å². The fourth-order valence-electron chi connectivity index (χ4n) is 3.42. The highest BCUT2D eigenvalue weighted by Crippen LogP contribution is 2.24. The Kier molecular flexibility index (Phi) is 6.80. The van der Waals surface area contributed by atoms with Crippen molar-refractivity contribution in [2.45, 2.75) is 18.7 Å². The molecular weight excluding hydrogens is 400 g/mol. The fourth-order valence-corrected chi connectivity index (χ4v) is 4.54. The largest absolute Gasteiger partial charge is 0.369 e. The number of likely N-dealkylation sites (N-methyl/N-ethyl adjacent to an activating group) is 2. The molecule has 0 aromatic heterocycles. The van der Waals surface area contributed by atoms with E-state index in [-0.39, 0.29) is 17.3 Å². The van der Waals surface area contributed by atoms with Crippen molar-refractivity contribution in [3.8, 4) is 0 Å². The van der Waals surface area contributed by atoms with Gasteiger partial charge >= 0.3 is 0 Å². The maximum atomic E-state index is 12.7. The third-order valence-corrected chi connectivity index (χ3v) is 7.27. The number of carbonyl (C=O) groups excluding carboxylic acids is 1. The van der Waals surface area contributed by atoms with Crippen molar-refractivity contribution in [2.24, 2.45) is 0 Å². The van der Waals surface area contributed by atoms with E-state index in [1.54, 1.807) is 24.3 Å². The predicted octanol–water partition coefficient (Wildman–Crippen LogP) is 2.31. The number of nitrogens with one attached hydrogen (secondary N) is 1. The van der Waals surface area contributed by atoms with Gasteiger partial charge in [0.05, 0.1) is 11.4 Å². The topological polar surface area (TPSA) is 73.0 Å². The Bertz CT molecular complexity index is 998. The van der Waals surface area contributed by atoms with E-state index in [9.17, 15) is 13.2 Å². The Hall–Kier alpha value is -2.42. The lowest BCUT2D eigenvalue weighted by atomic mass is 10.1. The third-order valence-electron chi connectivity index (χ3n) is 5.45. The first kappa shape index (κ1) is 22.3. The summed E-state index contributed by atoms with van der Waals surface area (Å²) in [5.74, 6) is -0.372. The number of rotatable bonds is 6. The maximum absolute atomic E-state index is 12.7. The van der Waals surface area contributed by atoms with Crippen molar-refractivity contribution < 1.29 is 13.2 Å². The van der Waals surface area contributed by atoms with E-state index in [4.69, 9.17) is 0 Å². The smallest absolute Gasteiger partial charge is 0.243 e. The molecule has 2 aromatic rings. The molecule has 30 heavy (non-hydrogen) atoms. The van der Waals surface area contributed by atoms with Crippen LogP contribution in [-0.2, 0) is 14.8 Å². The van der Waals surface area contributed by atoms with Crippen molar-refractivity contribution in [1.29, 1.82) is 0 Å². The summed E-state index contributed by atoms with van der Waals surface area (Å²) in [5.41, 5.74) is 3.75. The van der Waals surface area contributed by atoms with Crippen molar-refractivity contribution in [3.63, 3.8) is 0 Å². The minimum atomic E-state index is -3.72. The fraction of sp³-hybridized carbons (Fsp3) is 0.409. The molecule has 0 aliphatic carbocycles. The number of carbonyl (C=O) groups is 1. The van der Waals surface area contributed by atoms with Crippen LogP contribution >= 0.6 is 0 Å². The molecule has 0 unspecified atom stereocenters. The van der Waals surface area contributed by atoms with Gasteiger partial charge in [0.25, 0.3) is 0 Å². The zero-order valence-corrected chi connectivity index (χ0v) is 18.9. The summed E-state index contributed by atoms with van der Waals surface area (Å²) in [4.78, 5) is 17.3. The first-order chi connectivity index (χ1) is 14.2. The van der Waals surface area contributed by atoms with Crippen LogP contribution < -0.4 is 10.2 Å². The monoisotopic (exact) mass is 430 g/mol. The molecule has 0 saturated carbocycles. The first-order valence-corrected chi connectivity index (χ1v) is 11.5. The number of amides is 1. The van der Waals surface area contributed by atoms with E-state index in [1.807, 2.05) is 26.0 Å². The zero-order valence-electron chi connectivity index (χ0n) is 18.1. The second kappa shape index (κ2) is 9.16. The molecule has 0 radical (unpaired) electrons. The molecule has 162 valence electrons. The molecule has 8 heteroatoms. The highest BCUT2D eigenvalue weighted by atomic mass is 32.2. The minimum absolute atomic E-state index is 0.177. The molecule has 1 N–H and O–H groups in total. The highest BCUT2D eigenvalue weighted by Gasteiger charge is 2.23. The van der Waals surface area contributed by atoms with Crippen molar-refractivity contribution >= 4 is 27.3 Å². The van der Waals surface area contributed by atoms with Crippen molar-refractivity contribution in [1.82, 2.24) is 9.21 Å². The lowest BCUT2D eigenvalue weighted by Crippen LogP contribution is -2.44. The van der Waals surface area contributed by atoms with Gasteiger partial charge < -0.3 is 15.1 Å². The normalized spacial score (nSPS) is 15.4. The number of sulfonamides is 1. The van der Waals surface area contributed by atoms with Crippen LogP contribution in [0.25, 0.3) is 0 Å². The van der Waals surface area contributed by atoms with Crippen LogP contribution in [0.1, 0.15) is 11.1 Å². The number of nitrogens with zero attached hydrogens (tertiary/aromatic N) is 3. The van der Waals surface area contributed by atoms with E-state index < -0.39 is 10.0 Å². The second-order valence-electron chi connectivity index (χ2n) is 7.91. The molecule has 1 aliphatic heterocycles. The van der Waals surface area contributed by atoms with Gasteiger partial charge in [0, 0.05) is 44.6 Å². The highest BCUT2D eigenvalue weighted by molar-refractivity contribution is 7.89. The lowest BCUT2D eigenvalue weighted by molar-refractivity contribution is -0.116. The Balaban J connectivity index is 1.63. The number of hydrogen-bond acceptors (Lipinski definition) is 5. The number of benzene rings is 2. The van der Waals surface area contributed by atoms with E-state index >= 15 is 0 Å². The maximum Gasteiger partial charge on any atom is 0.243 e. The zero-order chi connectivity index (χ0) is 21.9. The van der Waals surface area contributed by atoms with Crippen molar-refractivity contribution in [2.75, 3.05) is 57.0 Å². The molecule has 0 bridgehead atoms. The minimum Gasteiger partial charge on any atom is -0.369 e.